The quantitative estimate of drug-likeness (QED) is 0.684. The molecule has 0 saturated heterocycles. The number of carbonyl (C=O) groups excluding carboxylic acids is 1. The highest BCUT2D eigenvalue weighted by atomic mass is 16.6. The van der Waals surface area contributed by atoms with Gasteiger partial charge in [-0.05, 0) is 34.1 Å². The average Bonchev–Trinajstić information content (AvgIpc) is 2.00. The van der Waals surface area contributed by atoms with E-state index in [0.717, 1.165) is 0 Å². The van der Waals surface area contributed by atoms with Crippen LogP contribution in [0.5, 0.6) is 0 Å². The number of esters is 1. The van der Waals surface area contributed by atoms with Gasteiger partial charge in [-0.15, -0.1) is 0 Å². The topological polar surface area (TPSA) is 52.3 Å². The smallest absolute Gasteiger partial charge is 0.313 e. The first-order valence-electron chi connectivity index (χ1n) is 4.68. The van der Waals surface area contributed by atoms with E-state index in [9.17, 15) is 4.79 Å². The van der Waals surface area contributed by atoms with Crippen molar-refractivity contribution in [3.8, 4) is 0 Å². The lowest BCUT2D eigenvalue weighted by Crippen LogP contribution is -2.40. The monoisotopic (exact) mass is 187 g/mol. The summed E-state index contributed by atoms with van der Waals surface area (Å²) in [7, 11) is 0. The Morgan fingerprint density at radius 2 is 1.77 bits per heavy atom. The van der Waals surface area contributed by atoms with Crippen LogP contribution in [0.2, 0.25) is 0 Å². The summed E-state index contributed by atoms with van der Waals surface area (Å²) in [6.07, 6.45) is 0.707. The van der Waals surface area contributed by atoms with Gasteiger partial charge < -0.3 is 10.5 Å². The molecule has 0 fully saturated rings. The van der Waals surface area contributed by atoms with Crippen LogP contribution in [0.25, 0.3) is 0 Å². The van der Waals surface area contributed by atoms with Crippen molar-refractivity contribution >= 4 is 5.97 Å². The van der Waals surface area contributed by atoms with E-state index >= 15 is 0 Å². The summed E-state index contributed by atoms with van der Waals surface area (Å²) in [6, 6.07) is 0. The maximum absolute atomic E-state index is 11.6. The normalized spacial score (nSPS) is 16.5. The third kappa shape index (κ3) is 3.77. The molecule has 0 amide bonds. The fourth-order valence-corrected chi connectivity index (χ4v) is 0.773. The Morgan fingerprint density at radius 1 is 1.31 bits per heavy atom. The van der Waals surface area contributed by atoms with E-state index in [1.54, 1.807) is 0 Å². The largest absolute Gasteiger partial charge is 0.460 e. The summed E-state index contributed by atoms with van der Waals surface area (Å²) in [6.45, 7) is 9.68. The van der Waals surface area contributed by atoms with E-state index in [2.05, 4.69) is 0 Å². The van der Waals surface area contributed by atoms with E-state index < -0.39 is 11.0 Å². The highest BCUT2D eigenvalue weighted by Crippen LogP contribution is 2.24. The molecule has 0 aromatic heterocycles. The van der Waals surface area contributed by atoms with Crippen molar-refractivity contribution in [1.29, 1.82) is 0 Å². The van der Waals surface area contributed by atoms with Gasteiger partial charge in [0.1, 0.15) is 5.60 Å². The van der Waals surface area contributed by atoms with Crippen LogP contribution in [0, 0.1) is 5.41 Å². The van der Waals surface area contributed by atoms with Crippen LogP contribution in [-0.2, 0) is 9.53 Å². The van der Waals surface area contributed by atoms with Crippen LogP contribution >= 0.6 is 0 Å². The molecule has 0 saturated carbocycles. The van der Waals surface area contributed by atoms with E-state index in [1.165, 1.54) is 0 Å². The van der Waals surface area contributed by atoms with Gasteiger partial charge in [-0.3, -0.25) is 4.79 Å². The fraction of sp³-hybridized carbons (Fsp3) is 0.900. The van der Waals surface area contributed by atoms with Crippen LogP contribution in [0.15, 0.2) is 0 Å². The van der Waals surface area contributed by atoms with Gasteiger partial charge in [-0.1, -0.05) is 6.92 Å². The molecule has 3 nitrogen and oxygen atoms in total. The van der Waals surface area contributed by atoms with Crippen molar-refractivity contribution in [2.75, 3.05) is 6.54 Å². The first kappa shape index (κ1) is 12.4. The number of ether oxygens (including phenoxy) is 1. The number of nitrogens with two attached hydrogens (primary N) is 1. The van der Waals surface area contributed by atoms with Gasteiger partial charge in [0, 0.05) is 6.54 Å². The molecule has 0 aliphatic rings. The third-order valence-electron chi connectivity index (χ3n) is 2.12. The second-order valence-corrected chi connectivity index (χ2v) is 4.62. The van der Waals surface area contributed by atoms with Crippen LogP contribution in [0.4, 0.5) is 0 Å². The summed E-state index contributed by atoms with van der Waals surface area (Å²) >= 11 is 0. The molecule has 78 valence electrons. The molecule has 0 unspecified atom stereocenters. The molecule has 0 aromatic carbocycles. The second-order valence-electron chi connectivity index (χ2n) is 4.62. The molecular weight excluding hydrogens is 166 g/mol. The van der Waals surface area contributed by atoms with Crippen LogP contribution in [0.3, 0.4) is 0 Å². The Morgan fingerprint density at radius 3 is 2.00 bits per heavy atom. The highest BCUT2D eigenvalue weighted by molar-refractivity contribution is 5.77. The lowest BCUT2D eigenvalue weighted by atomic mass is 9.88. The van der Waals surface area contributed by atoms with E-state index in [1.807, 2.05) is 34.6 Å². The van der Waals surface area contributed by atoms with Crippen molar-refractivity contribution in [2.24, 2.45) is 11.1 Å². The summed E-state index contributed by atoms with van der Waals surface area (Å²) in [5.74, 6) is -0.204. The molecular formula is C10H21NO2. The molecule has 0 radical (unpaired) electrons. The Bertz CT molecular complexity index is 178. The zero-order chi connectivity index (χ0) is 10.7. The molecule has 13 heavy (non-hydrogen) atoms. The predicted octanol–water partition coefficient (Wildman–Crippen LogP) is 1.70. The number of rotatable bonds is 3. The molecule has 3 heteroatoms. The zero-order valence-corrected chi connectivity index (χ0v) is 9.31. The first-order valence-corrected chi connectivity index (χ1v) is 4.68. The van der Waals surface area contributed by atoms with Gasteiger partial charge in [-0.25, -0.2) is 0 Å². The Hall–Kier alpha value is -0.570. The molecule has 0 bridgehead atoms. The number of hydrogen-bond acceptors (Lipinski definition) is 3. The molecule has 0 aliphatic carbocycles. The van der Waals surface area contributed by atoms with E-state index in [0.29, 0.717) is 13.0 Å². The van der Waals surface area contributed by atoms with Gasteiger partial charge in [0.15, 0.2) is 0 Å². The molecule has 0 spiro atoms. The van der Waals surface area contributed by atoms with Crippen LogP contribution in [-0.4, -0.2) is 18.1 Å². The SMILES string of the molecule is CC[C@@](C)(CN)C(=O)OC(C)(C)C. The molecule has 0 aliphatic heterocycles. The van der Waals surface area contributed by atoms with Gasteiger partial charge in [0.25, 0.3) is 0 Å². The number of carbonyl (C=O) groups is 1. The van der Waals surface area contributed by atoms with Crippen molar-refractivity contribution in [1.82, 2.24) is 0 Å². The minimum atomic E-state index is -0.534. The Kier molecular flexibility index (Phi) is 3.91. The van der Waals surface area contributed by atoms with Crippen LogP contribution in [0.1, 0.15) is 41.0 Å². The van der Waals surface area contributed by atoms with Crippen molar-refractivity contribution < 1.29 is 9.53 Å². The minimum absolute atomic E-state index is 0.204. The Balaban J connectivity index is 4.41. The predicted molar refractivity (Wildman–Crippen MR) is 53.3 cm³/mol. The maximum atomic E-state index is 11.6. The summed E-state index contributed by atoms with van der Waals surface area (Å²) < 4.78 is 5.27. The summed E-state index contributed by atoms with van der Waals surface area (Å²) in [4.78, 5) is 11.6. The van der Waals surface area contributed by atoms with Gasteiger partial charge in [-0.2, -0.15) is 0 Å². The maximum Gasteiger partial charge on any atom is 0.313 e. The van der Waals surface area contributed by atoms with Gasteiger partial charge >= 0.3 is 5.97 Å². The molecule has 0 rings (SSSR count). The fourth-order valence-electron chi connectivity index (χ4n) is 0.773. The lowest BCUT2D eigenvalue weighted by Gasteiger charge is -2.29. The lowest BCUT2D eigenvalue weighted by molar-refractivity contribution is -0.166. The van der Waals surface area contributed by atoms with Crippen molar-refractivity contribution in [3.05, 3.63) is 0 Å². The van der Waals surface area contributed by atoms with Crippen LogP contribution < -0.4 is 5.73 Å². The van der Waals surface area contributed by atoms with E-state index in [-0.39, 0.29) is 5.97 Å². The Labute approximate surface area is 80.6 Å². The van der Waals surface area contributed by atoms with Crippen molar-refractivity contribution in [2.45, 2.75) is 46.6 Å². The molecule has 1 atom stereocenters. The standard InChI is InChI=1S/C10H21NO2/c1-6-10(5,7-11)8(12)13-9(2,3)4/h6-7,11H2,1-5H3/t10-/m0/s1. The first-order chi connectivity index (χ1) is 5.75. The average molecular weight is 187 g/mol. The molecule has 0 aromatic rings. The number of hydrogen-bond donors (Lipinski definition) is 1. The van der Waals surface area contributed by atoms with Gasteiger partial charge in [0.05, 0.1) is 5.41 Å². The minimum Gasteiger partial charge on any atom is -0.460 e. The summed E-state index contributed by atoms with van der Waals surface area (Å²) in [5.41, 5.74) is 4.57. The molecule has 2 N–H and O–H groups in total. The van der Waals surface area contributed by atoms with E-state index in [4.69, 9.17) is 10.5 Å². The highest BCUT2D eigenvalue weighted by Gasteiger charge is 2.33. The second kappa shape index (κ2) is 4.09. The van der Waals surface area contributed by atoms with Gasteiger partial charge in [0.2, 0.25) is 0 Å². The summed E-state index contributed by atoms with van der Waals surface area (Å²) in [5, 5.41) is 0. The zero-order valence-electron chi connectivity index (χ0n) is 9.31. The molecule has 0 heterocycles. The van der Waals surface area contributed by atoms with Crippen molar-refractivity contribution in [3.63, 3.8) is 0 Å². The third-order valence-corrected chi connectivity index (χ3v) is 2.12.